The van der Waals surface area contributed by atoms with E-state index in [4.69, 9.17) is 0 Å². The third kappa shape index (κ3) is 5.79. The Morgan fingerprint density at radius 3 is 2.37 bits per heavy atom. The number of sulfonamides is 1. The van der Waals surface area contributed by atoms with Gasteiger partial charge in [0, 0.05) is 12.6 Å². The maximum Gasteiger partial charge on any atom is 0.215 e. The first-order valence-electron chi connectivity index (χ1n) is 7.69. The molecule has 0 spiro atoms. The van der Waals surface area contributed by atoms with Gasteiger partial charge in [0.1, 0.15) is 0 Å². The standard InChI is InChI=1S/C14H30N2O2S/c1-4-10-15-11-12(2)19(17,18)16-13(3)14-8-6-5-7-9-14/h12-16H,4-11H2,1-3H3. The first-order chi connectivity index (χ1) is 8.97. The number of hydrogen-bond donors (Lipinski definition) is 2. The minimum absolute atomic E-state index is 0.0684. The van der Waals surface area contributed by atoms with E-state index in [1.54, 1.807) is 6.92 Å². The summed E-state index contributed by atoms with van der Waals surface area (Å²) in [5.41, 5.74) is 0. The molecular formula is C14H30N2O2S. The van der Waals surface area contributed by atoms with E-state index in [1.807, 2.05) is 6.92 Å². The summed E-state index contributed by atoms with van der Waals surface area (Å²) in [6.45, 7) is 7.27. The van der Waals surface area contributed by atoms with E-state index >= 15 is 0 Å². The fourth-order valence-corrected chi connectivity index (χ4v) is 3.98. The quantitative estimate of drug-likeness (QED) is 0.674. The monoisotopic (exact) mass is 290 g/mol. The van der Waals surface area contributed by atoms with Gasteiger partial charge in [0.05, 0.1) is 5.25 Å². The van der Waals surface area contributed by atoms with Gasteiger partial charge in [-0.3, -0.25) is 0 Å². The molecular weight excluding hydrogens is 260 g/mol. The molecule has 0 radical (unpaired) electrons. The van der Waals surface area contributed by atoms with E-state index in [1.165, 1.54) is 19.3 Å². The molecule has 0 aromatic carbocycles. The van der Waals surface area contributed by atoms with Gasteiger partial charge >= 0.3 is 0 Å². The fourth-order valence-electron chi connectivity index (χ4n) is 2.70. The van der Waals surface area contributed by atoms with Crippen molar-refractivity contribution in [3.05, 3.63) is 0 Å². The highest BCUT2D eigenvalue weighted by molar-refractivity contribution is 7.90. The molecule has 1 rings (SSSR count). The first kappa shape index (κ1) is 16.9. The first-order valence-corrected chi connectivity index (χ1v) is 9.24. The Morgan fingerprint density at radius 2 is 1.79 bits per heavy atom. The van der Waals surface area contributed by atoms with Crippen molar-refractivity contribution in [2.75, 3.05) is 13.1 Å². The summed E-state index contributed by atoms with van der Waals surface area (Å²) in [6.07, 6.45) is 7.12. The van der Waals surface area contributed by atoms with Gasteiger partial charge in [-0.1, -0.05) is 26.2 Å². The highest BCUT2D eigenvalue weighted by atomic mass is 32.2. The molecule has 2 unspecified atom stereocenters. The van der Waals surface area contributed by atoms with Crippen molar-refractivity contribution in [3.63, 3.8) is 0 Å². The summed E-state index contributed by atoms with van der Waals surface area (Å²) >= 11 is 0. The van der Waals surface area contributed by atoms with Gasteiger partial charge in [-0.2, -0.15) is 0 Å². The molecule has 2 atom stereocenters. The van der Waals surface area contributed by atoms with Crippen molar-refractivity contribution in [1.82, 2.24) is 10.0 Å². The molecule has 19 heavy (non-hydrogen) atoms. The third-order valence-corrected chi connectivity index (χ3v) is 6.02. The minimum atomic E-state index is -3.20. The van der Waals surface area contributed by atoms with Gasteiger partial charge in [-0.15, -0.1) is 0 Å². The summed E-state index contributed by atoms with van der Waals surface area (Å²) in [7, 11) is -3.20. The van der Waals surface area contributed by atoms with Crippen LogP contribution in [0.2, 0.25) is 0 Å². The topological polar surface area (TPSA) is 58.2 Å². The Kier molecular flexibility index (Phi) is 7.32. The van der Waals surface area contributed by atoms with Crippen LogP contribution in [0, 0.1) is 5.92 Å². The smallest absolute Gasteiger partial charge is 0.215 e. The zero-order chi connectivity index (χ0) is 14.3. The van der Waals surface area contributed by atoms with Crippen molar-refractivity contribution in [3.8, 4) is 0 Å². The molecule has 1 saturated carbocycles. The number of nitrogens with one attached hydrogen (secondary N) is 2. The lowest BCUT2D eigenvalue weighted by molar-refractivity contribution is 0.302. The van der Waals surface area contributed by atoms with E-state index in [0.717, 1.165) is 25.8 Å². The molecule has 4 nitrogen and oxygen atoms in total. The Morgan fingerprint density at radius 1 is 1.16 bits per heavy atom. The molecule has 0 aromatic rings. The van der Waals surface area contributed by atoms with Crippen LogP contribution in [0.5, 0.6) is 0 Å². The Labute approximate surface area is 118 Å². The molecule has 1 aliphatic carbocycles. The van der Waals surface area contributed by atoms with Gasteiger partial charge in [-0.05, 0) is 45.6 Å². The van der Waals surface area contributed by atoms with Crippen LogP contribution < -0.4 is 10.0 Å². The van der Waals surface area contributed by atoms with Crippen molar-refractivity contribution in [1.29, 1.82) is 0 Å². The summed E-state index contributed by atoms with van der Waals surface area (Å²) in [4.78, 5) is 0. The average Bonchev–Trinajstić information content (AvgIpc) is 2.39. The van der Waals surface area contributed by atoms with Crippen molar-refractivity contribution < 1.29 is 8.42 Å². The van der Waals surface area contributed by atoms with Gasteiger partial charge in [0.25, 0.3) is 0 Å². The van der Waals surface area contributed by atoms with Crippen molar-refractivity contribution in [2.24, 2.45) is 5.92 Å². The van der Waals surface area contributed by atoms with Crippen LogP contribution in [0.15, 0.2) is 0 Å². The molecule has 114 valence electrons. The molecule has 0 amide bonds. The second-order valence-electron chi connectivity index (χ2n) is 5.86. The summed E-state index contributed by atoms with van der Waals surface area (Å²) in [5, 5.41) is 2.80. The normalized spacial score (nSPS) is 21.2. The van der Waals surface area contributed by atoms with Gasteiger partial charge < -0.3 is 5.32 Å². The summed E-state index contributed by atoms with van der Waals surface area (Å²) in [5.74, 6) is 0.513. The Hall–Kier alpha value is -0.130. The minimum Gasteiger partial charge on any atom is -0.315 e. The second-order valence-corrected chi connectivity index (χ2v) is 7.99. The average molecular weight is 290 g/mol. The maximum atomic E-state index is 12.2. The van der Waals surface area contributed by atoms with E-state index in [9.17, 15) is 8.42 Å². The summed E-state index contributed by atoms with van der Waals surface area (Å²) < 4.78 is 27.3. The Balaban J connectivity index is 2.43. The molecule has 1 fully saturated rings. The molecule has 0 saturated heterocycles. The van der Waals surface area contributed by atoms with Crippen LogP contribution in [0.3, 0.4) is 0 Å². The zero-order valence-electron chi connectivity index (χ0n) is 12.6. The lowest BCUT2D eigenvalue weighted by Gasteiger charge is -2.29. The Bertz CT molecular complexity index is 337. The molecule has 0 bridgehead atoms. The van der Waals surface area contributed by atoms with Crippen LogP contribution >= 0.6 is 0 Å². The molecule has 1 aliphatic rings. The van der Waals surface area contributed by atoms with E-state index in [-0.39, 0.29) is 11.3 Å². The maximum absolute atomic E-state index is 12.2. The number of hydrogen-bond acceptors (Lipinski definition) is 3. The second kappa shape index (κ2) is 8.22. The number of rotatable bonds is 8. The molecule has 0 heterocycles. The highest BCUT2D eigenvalue weighted by Crippen LogP contribution is 2.26. The van der Waals surface area contributed by atoms with Crippen molar-refractivity contribution in [2.45, 2.75) is 70.6 Å². The van der Waals surface area contributed by atoms with Crippen molar-refractivity contribution >= 4 is 10.0 Å². The van der Waals surface area contributed by atoms with Gasteiger partial charge in [0.2, 0.25) is 10.0 Å². The van der Waals surface area contributed by atoms with Gasteiger partial charge in [-0.25, -0.2) is 13.1 Å². The predicted octanol–water partition coefficient (Wildman–Crippen LogP) is 2.26. The van der Waals surface area contributed by atoms with Crippen LogP contribution in [0.1, 0.15) is 59.3 Å². The zero-order valence-corrected chi connectivity index (χ0v) is 13.4. The lowest BCUT2D eigenvalue weighted by atomic mass is 9.85. The molecule has 0 aliphatic heterocycles. The SMILES string of the molecule is CCCNCC(C)S(=O)(=O)NC(C)C1CCCCC1. The molecule has 2 N–H and O–H groups in total. The predicted molar refractivity (Wildman–Crippen MR) is 80.7 cm³/mol. The van der Waals surface area contributed by atoms with E-state index in [2.05, 4.69) is 17.0 Å². The lowest BCUT2D eigenvalue weighted by Crippen LogP contribution is -2.45. The van der Waals surface area contributed by atoms with Crippen LogP contribution in [0.25, 0.3) is 0 Å². The fraction of sp³-hybridized carbons (Fsp3) is 1.00. The van der Waals surface area contributed by atoms with Gasteiger partial charge in [0.15, 0.2) is 0 Å². The van der Waals surface area contributed by atoms with E-state index < -0.39 is 10.0 Å². The van der Waals surface area contributed by atoms with Crippen LogP contribution in [-0.4, -0.2) is 32.8 Å². The molecule has 5 heteroatoms. The van der Waals surface area contributed by atoms with Crippen LogP contribution in [0.4, 0.5) is 0 Å². The summed E-state index contributed by atoms with van der Waals surface area (Å²) in [6, 6.07) is 0.0684. The largest absolute Gasteiger partial charge is 0.315 e. The third-order valence-electron chi connectivity index (χ3n) is 4.10. The highest BCUT2D eigenvalue weighted by Gasteiger charge is 2.27. The van der Waals surface area contributed by atoms with E-state index in [0.29, 0.717) is 12.5 Å². The van der Waals surface area contributed by atoms with Crippen LogP contribution in [-0.2, 0) is 10.0 Å². The molecule has 0 aromatic heterocycles.